The maximum atomic E-state index is 12.7. The van der Waals surface area contributed by atoms with Crippen molar-refractivity contribution in [1.29, 1.82) is 0 Å². The molecule has 0 aliphatic heterocycles. The summed E-state index contributed by atoms with van der Waals surface area (Å²) in [5.74, 6) is 0.300. The molecule has 0 amide bonds. The minimum atomic E-state index is -0.297. The van der Waals surface area contributed by atoms with Crippen molar-refractivity contribution < 1.29 is 0 Å². The molecule has 4 aromatic rings. The molecule has 26 heavy (non-hydrogen) atoms. The van der Waals surface area contributed by atoms with E-state index in [9.17, 15) is 4.79 Å². The van der Waals surface area contributed by atoms with Crippen LogP contribution in [0.5, 0.6) is 0 Å². The molecule has 0 spiro atoms. The molecule has 2 aromatic heterocycles. The highest BCUT2D eigenvalue weighted by Gasteiger charge is 2.13. The predicted octanol–water partition coefficient (Wildman–Crippen LogP) is 5.04. The van der Waals surface area contributed by atoms with Gasteiger partial charge in [0.25, 0.3) is 5.56 Å². The molecule has 0 radical (unpaired) electrons. The minimum absolute atomic E-state index is 0.297. The number of hydrogen-bond acceptors (Lipinski definition) is 4. The summed E-state index contributed by atoms with van der Waals surface area (Å²) >= 11 is 12.2. The molecule has 4 rings (SSSR count). The quantitative estimate of drug-likeness (QED) is 0.520. The van der Waals surface area contributed by atoms with Gasteiger partial charge < -0.3 is 5.32 Å². The fourth-order valence-corrected chi connectivity index (χ4v) is 3.06. The molecular formula is C19H12Cl2N4O. The number of H-pyrrole nitrogens is 1. The molecule has 5 nitrogen and oxygen atoms in total. The normalized spacial score (nSPS) is 10.8. The van der Waals surface area contributed by atoms with Gasteiger partial charge in [-0.15, -0.1) is 0 Å². The Bertz CT molecular complexity index is 1160. The topological polar surface area (TPSA) is 70.7 Å². The van der Waals surface area contributed by atoms with Crippen LogP contribution in [0, 0.1) is 0 Å². The Morgan fingerprint density at radius 3 is 2.46 bits per heavy atom. The summed E-state index contributed by atoms with van der Waals surface area (Å²) < 4.78 is 0. The third-order valence-corrected chi connectivity index (χ3v) is 4.46. The highest BCUT2D eigenvalue weighted by atomic mass is 35.5. The number of nitrogens with one attached hydrogen (secondary N) is 2. The van der Waals surface area contributed by atoms with Crippen molar-refractivity contribution in [2.75, 3.05) is 5.32 Å². The van der Waals surface area contributed by atoms with Gasteiger partial charge in [0.1, 0.15) is 0 Å². The van der Waals surface area contributed by atoms with Crippen LogP contribution in [0.3, 0.4) is 0 Å². The molecule has 0 saturated heterocycles. The lowest BCUT2D eigenvalue weighted by molar-refractivity contribution is 1.14. The van der Waals surface area contributed by atoms with Crippen LogP contribution in [-0.2, 0) is 0 Å². The molecule has 0 bridgehead atoms. The maximum Gasteiger partial charge on any atom is 0.262 e. The van der Waals surface area contributed by atoms with Crippen molar-refractivity contribution in [3.05, 3.63) is 81.2 Å². The van der Waals surface area contributed by atoms with E-state index in [-0.39, 0.29) is 5.56 Å². The van der Waals surface area contributed by atoms with Crippen molar-refractivity contribution in [2.24, 2.45) is 0 Å². The summed E-state index contributed by atoms with van der Waals surface area (Å²) in [4.78, 5) is 24.1. The van der Waals surface area contributed by atoms with Gasteiger partial charge in [-0.3, -0.25) is 9.78 Å². The minimum Gasteiger partial charge on any atom is -0.326 e. The van der Waals surface area contributed by atoms with Gasteiger partial charge in [0.05, 0.1) is 5.39 Å². The first-order valence-corrected chi connectivity index (χ1v) is 8.54. The number of benzene rings is 2. The van der Waals surface area contributed by atoms with Crippen LogP contribution in [0.4, 0.5) is 11.6 Å². The second-order valence-corrected chi connectivity index (χ2v) is 6.43. The van der Waals surface area contributed by atoms with Crippen LogP contribution < -0.4 is 10.9 Å². The molecule has 0 fully saturated rings. The number of fused-ring (bicyclic) bond motifs is 1. The molecule has 2 aromatic carbocycles. The Kier molecular flexibility index (Phi) is 4.32. The zero-order chi connectivity index (χ0) is 18.1. The molecular weight excluding hydrogens is 371 g/mol. The summed E-state index contributed by atoms with van der Waals surface area (Å²) in [7, 11) is 0. The molecule has 2 N–H and O–H groups in total. The van der Waals surface area contributed by atoms with E-state index in [4.69, 9.17) is 23.2 Å². The van der Waals surface area contributed by atoms with E-state index >= 15 is 0 Å². The van der Waals surface area contributed by atoms with Crippen molar-refractivity contribution in [1.82, 2.24) is 15.0 Å². The molecule has 128 valence electrons. The maximum absolute atomic E-state index is 12.7. The van der Waals surface area contributed by atoms with E-state index in [0.717, 1.165) is 11.3 Å². The lowest BCUT2D eigenvalue weighted by Crippen LogP contribution is -2.13. The van der Waals surface area contributed by atoms with Gasteiger partial charge in [0, 0.05) is 33.1 Å². The van der Waals surface area contributed by atoms with Crippen LogP contribution in [0.15, 0.2) is 65.6 Å². The molecule has 0 saturated carbocycles. The van der Waals surface area contributed by atoms with Crippen molar-refractivity contribution in [2.45, 2.75) is 0 Å². The molecule has 7 heteroatoms. The van der Waals surface area contributed by atoms with Gasteiger partial charge in [0.15, 0.2) is 5.65 Å². The van der Waals surface area contributed by atoms with Crippen LogP contribution in [-0.4, -0.2) is 15.0 Å². The van der Waals surface area contributed by atoms with Gasteiger partial charge in [-0.2, -0.15) is 4.98 Å². The summed E-state index contributed by atoms with van der Waals surface area (Å²) in [6.45, 7) is 0. The van der Waals surface area contributed by atoms with Gasteiger partial charge in [-0.05, 0) is 36.4 Å². The number of aromatic amines is 1. The number of pyridine rings is 1. The number of aromatic nitrogens is 3. The zero-order valence-corrected chi connectivity index (χ0v) is 14.8. The number of rotatable bonds is 3. The number of anilines is 2. The second-order valence-electron chi connectivity index (χ2n) is 5.58. The molecule has 0 aliphatic carbocycles. The van der Waals surface area contributed by atoms with E-state index in [1.165, 1.54) is 0 Å². The van der Waals surface area contributed by atoms with E-state index < -0.39 is 0 Å². The fourth-order valence-electron chi connectivity index (χ4n) is 2.70. The summed E-state index contributed by atoms with van der Waals surface area (Å²) in [6, 6.07) is 16.2. The van der Waals surface area contributed by atoms with E-state index in [1.54, 1.807) is 42.6 Å². The van der Waals surface area contributed by atoms with Crippen LogP contribution in [0.2, 0.25) is 10.0 Å². The average molecular weight is 383 g/mol. The standard InChI is InChI=1S/C19H12Cl2N4O/c20-11-5-7-12(8-6-11)23-19-24-17-16(18(26)25-19)14(9-10-22-17)13-3-1-2-4-15(13)21/h1-10H,(H2,22,23,24,25,26). The fraction of sp³-hybridized carbons (Fsp3) is 0. The Hall–Kier alpha value is -2.89. The molecule has 0 atom stereocenters. The lowest BCUT2D eigenvalue weighted by Gasteiger charge is -2.09. The SMILES string of the molecule is O=c1[nH]c(Nc2ccc(Cl)cc2)nc2nccc(-c3ccccc3Cl)c12. The van der Waals surface area contributed by atoms with E-state index in [0.29, 0.717) is 32.6 Å². The number of halogens is 2. The Morgan fingerprint density at radius 1 is 0.923 bits per heavy atom. The lowest BCUT2D eigenvalue weighted by atomic mass is 10.0. The van der Waals surface area contributed by atoms with Crippen LogP contribution in [0.1, 0.15) is 0 Å². The monoisotopic (exact) mass is 382 g/mol. The summed E-state index contributed by atoms with van der Waals surface area (Å²) in [5.41, 5.74) is 2.23. The van der Waals surface area contributed by atoms with Crippen molar-refractivity contribution >= 4 is 45.9 Å². The Balaban J connectivity index is 1.83. The first-order valence-electron chi connectivity index (χ1n) is 7.78. The molecule has 0 unspecified atom stereocenters. The number of hydrogen-bond donors (Lipinski definition) is 2. The number of nitrogens with zero attached hydrogens (tertiary/aromatic N) is 2. The largest absolute Gasteiger partial charge is 0.326 e. The average Bonchev–Trinajstić information content (AvgIpc) is 2.63. The predicted molar refractivity (Wildman–Crippen MR) is 105 cm³/mol. The Labute approximate surface area is 158 Å². The molecule has 2 heterocycles. The van der Waals surface area contributed by atoms with Crippen molar-refractivity contribution in [3.8, 4) is 11.1 Å². The third-order valence-electron chi connectivity index (χ3n) is 3.88. The van der Waals surface area contributed by atoms with Crippen LogP contribution >= 0.6 is 23.2 Å². The van der Waals surface area contributed by atoms with E-state index in [1.807, 2.05) is 18.2 Å². The third kappa shape index (κ3) is 3.14. The van der Waals surface area contributed by atoms with Gasteiger partial charge in [-0.25, -0.2) is 4.98 Å². The van der Waals surface area contributed by atoms with Crippen LogP contribution in [0.25, 0.3) is 22.2 Å². The summed E-state index contributed by atoms with van der Waals surface area (Å²) in [6.07, 6.45) is 1.61. The van der Waals surface area contributed by atoms with Gasteiger partial charge >= 0.3 is 0 Å². The van der Waals surface area contributed by atoms with Gasteiger partial charge in [0.2, 0.25) is 5.95 Å². The first kappa shape index (κ1) is 16.6. The van der Waals surface area contributed by atoms with Crippen molar-refractivity contribution in [3.63, 3.8) is 0 Å². The Morgan fingerprint density at radius 2 is 1.69 bits per heavy atom. The summed E-state index contributed by atoms with van der Waals surface area (Å²) in [5, 5.41) is 4.62. The zero-order valence-electron chi connectivity index (χ0n) is 13.3. The second kappa shape index (κ2) is 6.78. The highest BCUT2D eigenvalue weighted by molar-refractivity contribution is 6.33. The smallest absolute Gasteiger partial charge is 0.262 e. The molecule has 0 aliphatic rings. The highest BCUT2D eigenvalue weighted by Crippen LogP contribution is 2.30. The first-order chi connectivity index (χ1) is 12.6. The van der Waals surface area contributed by atoms with Gasteiger partial charge in [-0.1, -0.05) is 41.4 Å². The van der Waals surface area contributed by atoms with E-state index in [2.05, 4.69) is 20.3 Å².